The number of para-hydroxylation sites is 1. The third kappa shape index (κ3) is 4.16. The Labute approximate surface area is 172 Å². The fraction of sp³-hybridized carbons (Fsp3) is 0.182. The highest BCUT2D eigenvalue weighted by atomic mass is 32.1. The number of thiazole rings is 1. The molecule has 0 aliphatic rings. The van der Waals surface area contributed by atoms with E-state index in [1.54, 1.807) is 25.3 Å². The predicted octanol–water partition coefficient (Wildman–Crippen LogP) is 4.88. The van der Waals surface area contributed by atoms with Crippen LogP contribution in [-0.4, -0.2) is 36.2 Å². The zero-order valence-corrected chi connectivity index (χ0v) is 17.0. The van der Waals surface area contributed by atoms with Crippen LogP contribution in [0.25, 0.3) is 22.2 Å². The van der Waals surface area contributed by atoms with Crippen molar-refractivity contribution in [3.05, 3.63) is 65.2 Å². The van der Waals surface area contributed by atoms with Gasteiger partial charge < -0.3 is 14.5 Å². The van der Waals surface area contributed by atoms with Crippen molar-refractivity contribution in [3.8, 4) is 17.0 Å². The lowest BCUT2D eigenvalue weighted by Gasteiger charge is -2.07. The van der Waals surface area contributed by atoms with E-state index in [1.807, 2.05) is 36.6 Å². The van der Waals surface area contributed by atoms with Crippen LogP contribution >= 0.6 is 11.3 Å². The van der Waals surface area contributed by atoms with Crippen LogP contribution in [0.3, 0.4) is 0 Å². The molecule has 4 aromatic rings. The minimum absolute atomic E-state index is 0.223. The average molecular weight is 407 g/mol. The normalized spacial score (nSPS) is 11.0. The number of methoxy groups -OCH3 is 1. The van der Waals surface area contributed by atoms with Gasteiger partial charge >= 0.3 is 0 Å². The number of ether oxygens (including phenoxy) is 2. The van der Waals surface area contributed by atoms with Gasteiger partial charge in [0.1, 0.15) is 12.4 Å². The Morgan fingerprint density at radius 2 is 2.03 bits per heavy atom. The molecule has 7 heteroatoms. The highest BCUT2D eigenvalue weighted by Gasteiger charge is 2.15. The summed E-state index contributed by atoms with van der Waals surface area (Å²) in [6, 6.07) is 15.2. The van der Waals surface area contributed by atoms with E-state index >= 15 is 0 Å². The number of carbonyl (C=O) groups excluding carboxylic acids is 1. The molecule has 148 valence electrons. The lowest BCUT2D eigenvalue weighted by molar-refractivity contribution is 0.102. The first-order chi connectivity index (χ1) is 14.2. The molecule has 0 spiro atoms. The minimum atomic E-state index is -0.223. The first-order valence-corrected chi connectivity index (χ1v) is 10.1. The number of hydrogen-bond donors (Lipinski definition) is 2. The molecule has 0 saturated heterocycles. The molecule has 4 rings (SSSR count). The summed E-state index contributed by atoms with van der Waals surface area (Å²) in [6.45, 7) is 2.95. The number of anilines is 1. The van der Waals surface area contributed by atoms with Crippen LogP contribution in [-0.2, 0) is 4.74 Å². The van der Waals surface area contributed by atoms with Gasteiger partial charge in [-0.25, -0.2) is 4.98 Å². The van der Waals surface area contributed by atoms with Crippen molar-refractivity contribution in [1.29, 1.82) is 0 Å². The summed E-state index contributed by atoms with van der Waals surface area (Å²) < 4.78 is 10.5. The number of benzene rings is 2. The van der Waals surface area contributed by atoms with E-state index in [9.17, 15) is 4.79 Å². The topological polar surface area (TPSA) is 76.2 Å². The molecule has 0 aliphatic carbocycles. The number of aromatic amines is 1. The molecule has 29 heavy (non-hydrogen) atoms. The number of fused-ring (bicyclic) bond motifs is 1. The summed E-state index contributed by atoms with van der Waals surface area (Å²) in [6.07, 6.45) is 0. The van der Waals surface area contributed by atoms with Crippen LogP contribution in [0, 0.1) is 6.92 Å². The lowest BCUT2D eigenvalue weighted by atomic mass is 10.1. The van der Waals surface area contributed by atoms with Gasteiger partial charge in [0.25, 0.3) is 5.91 Å². The smallest absolute Gasteiger partial charge is 0.257 e. The molecule has 2 heterocycles. The minimum Gasteiger partial charge on any atom is -0.491 e. The Balaban J connectivity index is 1.51. The van der Waals surface area contributed by atoms with Gasteiger partial charge in [-0.15, -0.1) is 11.3 Å². The number of nitrogens with zero attached hydrogens (tertiary/aromatic N) is 1. The van der Waals surface area contributed by atoms with E-state index in [2.05, 4.69) is 21.4 Å². The van der Waals surface area contributed by atoms with Crippen LogP contribution in [0.4, 0.5) is 5.13 Å². The van der Waals surface area contributed by atoms with Crippen LogP contribution in [0.15, 0.2) is 53.9 Å². The third-order valence-electron chi connectivity index (χ3n) is 4.53. The molecule has 0 aliphatic heterocycles. The van der Waals surface area contributed by atoms with Crippen LogP contribution in [0.1, 0.15) is 16.1 Å². The molecule has 0 bridgehead atoms. The molecule has 0 fully saturated rings. The maximum Gasteiger partial charge on any atom is 0.257 e. The monoisotopic (exact) mass is 407 g/mol. The predicted molar refractivity (Wildman–Crippen MR) is 116 cm³/mol. The molecule has 6 nitrogen and oxygen atoms in total. The number of aryl methyl sites for hydroxylation is 1. The SMILES string of the molecule is COCCOc1cccc(C(=O)Nc2nc(-c3c(C)[nH]c4ccccc34)cs2)c1. The molecule has 0 saturated carbocycles. The third-order valence-corrected chi connectivity index (χ3v) is 5.28. The van der Waals surface area contributed by atoms with Crippen LogP contribution in [0.2, 0.25) is 0 Å². The molecule has 1 amide bonds. The zero-order valence-electron chi connectivity index (χ0n) is 16.2. The van der Waals surface area contributed by atoms with E-state index in [-0.39, 0.29) is 5.91 Å². The quantitative estimate of drug-likeness (QED) is 0.428. The van der Waals surface area contributed by atoms with Gasteiger partial charge in [0.2, 0.25) is 0 Å². The number of carbonyl (C=O) groups is 1. The number of amides is 1. The summed E-state index contributed by atoms with van der Waals surface area (Å²) in [7, 11) is 1.62. The highest BCUT2D eigenvalue weighted by Crippen LogP contribution is 2.34. The van der Waals surface area contributed by atoms with Gasteiger partial charge in [-0.3, -0.25) is 10.1 Å². The number of nitrogens with one attached hydrogen (secondary N) is 2. The Morgan fingerprint density at radius 1 is 1.17 bits per heavy atom. The van der Waals surface area contributed by atoms with Crippen molar-refractivity contribution in [3.63, 3.8) is 0 Å². The Kier molecular flexibility index (Phi) is 5.59. The molecule has 0 unspecified atom stereocenters. The molecule has 0 radical (unpaired) electrons. The maximum atomic E-state index is 12.6. The molecule has 2 N–H and O–H groups in total. The van der Waals surface area contributed by atoms with Crippen molar-refractivity contribution < 1.29 is 14.3 Å². The summed E-state index contributed by atoms with van der Waals surface area (Å²) in [5, 5.41) is 6.52. The fourth-order valence-electron chi connectivity index (χ4n) is 3.19. The summed E-state index contributed by atoms with van der Waals surface area (Å²) in [5.41, 5.74) is 4.54. The Bertz CT molecular complexity index is 1150. The number of H-pyrrole nitrogens is 1. The molecular formula is C22H21N3O3S. The van der Waals surface area contributed by atoms with Gasteiger partial charge in [0.05, 0.1) is 12.3 Å². The van der Waals surface area contributed by atoms with Gasteiger partial charge in [0, 0.05) is 40.2 Å². The fourth-order valence-corrected chi connectivity index (χ4v) is 3.89. The number of rotatable bonds is 7. The van der Waals surface area contributed by atoms with Crippen molar-refractivity contribution in [2.24, 2.45) is 0 Å². The summed E-state index contributed by atoms with van der Waals surface area (Å²) in [4.78, 5) is 20.7. The Hall–Kier alpha value is -3.16. The lowest BCUT2D eigenvalue weighted by Crippen LogP contribution is -2.12. The average Bonchev–Trinajstić information content (AvgIpc) is 3.31. The summed E-state index contributed by atoms with van der Waals surface area (Å²) in [5.74, 6) is 0.405. The highest BCUT2D eigenvalue weighted by molar-refractivity contribution is 7.14. The number of hydrogen-bond acceptors (Lipinski definition) is 5. The van der Waals surface area contributed by atoms with Gasteiger partial charge in [-0.1, -0.05) is 24.3 Å². The van der Waals surface area contributed by atoms with E-state index in [0.29, 0.717) is 29.7 Å². The van der Waals surface area contributed by atoms with Crippen molar-refractivity contribution >= 4 is 33.3 Å². The van der Waals surface area contributed by atoms with Gasteiger partial charge in [0.15, 0.2) is 5.13 Å². The van der Waals surface area contributed by atoms with Gasteiger partial charge in [-0.05, 0) is 31.2 Å². The number of aromatic nitrogens is 2. The second kappa shape index (κ2) is 8.46. The van der Waals surface area contributed by atoms with Crippen molar-refractivity contribution in [2.45, 2.75) is 6.92 Å². The first-order valence-electron chi connectivity index (χ1n) is 9.22. The van der Waals surface area contributed by atoms with Crippen molar-refractivity contribution in [2.75, 3.05) is 25.6 Å². The van der Waals surface area contributed by atoms with E-state index < -0.39 is 0 Å². The maximum absolute atomic E-state index is 12.6. The molecular weight excluding hydrogens is 386 g/mol. The molecule has 2 aromatic heterocycles. The second-order valence-electron chi connectivity index (χ2n) is 6.53. The van der Waals surface area contributed by atoms with E-state index in [1.165, 1.54) is 11.3 Å². The van der Waals surface area contributed by atoms with Crippen LogP contribution in [0.5, 0.6) is 5.75 Å². The molecule has 0 atom stereocenters. The first kappa shape index (κ1) is 19.2. The van der Waals surface area contributed by atoms with Crippen molar-refractivity contribution in [1.82, 2.24) is 9.97 Å². The standard InChI is InChI=1S/C22H21N3O3S/c1-14-20(17-8-3-4-9-18(17)23-14)19-13-29-22(24-19)25-21(26)15-6-5-7-16(12-15)28-11-10-27-2/h3-9,12-13,23H,10-11H2,1-2H3,(H,24,25,26). The largest absolute Gasteiger partial charge is 0.491 e. The zero-order chi connectivity index (χ0) is 20.2. The van der Waals surface area contributed by atoms with Crippen LogP contribution < -0.4 is 10.1 Å². The van der Waals surface area contributed by atoms with E-state index in [0.717, 1.165) is 27.9 Å². The summed E-state index contributed by atoms with van der Waals surface area (Å²) >= 11 is 1.40. The molecule has 2 aromatic carbocycles. The van der Waals surface area contributed by atoms with E-state index in [4.69, 9.17) is 9.47 Å². The second-order valence-corrected chi connectivity index (χ2v) is 7.39. The Morgan fingerprint density at radius 3 is 2.90 bits per heavy atom. The van der Waals surface area contributed by atoms with Gasteiger partial charge in [-0.2, -0.15) is 0 Å².